The summed E-state index contributed by atoms with van der Waals surface area (Å²) in [7, 11) is 11.0. The van der Waals surface area contributed by atoms with Gasteiger partial charge in [-0.3, -0.25) is 0 Å². The van der Waals surface area contributed by atoms with E-state index in [0.29, 0.717) is 0 Å². The van der Waals surface area contributed by atoms with Gasteiger partial charge in [0.1, 0.15) is 0 Å². The van der Waals surface area contributed by atoms with Crippen LogP contribution in [0.4, 0.5) is 0 Å². The van der Waals surface area contributed by atoms with Crippen LogP contribution in [0.5, 0.6) is 0 Å². The first kappa shape index (κ1) is 30.6. The second-order valence-electron chi connectivity index (χ2n) is 9.56. The number of aryl methyl sites for hydroxylation is 1. The molecule has 40 heavy (non-hydrogen) atoms. The van der Waals surface area contributed by atoms with Gasteiger partial charge in [-0.2, -0.15) is 35.9 Å². The van der Waals surface area contributed by atoms with Gasteiger partial charge < -0.3 is 0 Å². The second-order valence-corrected chi connectivity index (χ2v) is 14.3. The summed E-state index contributed by atoms with van der Waals surface area (Å²) in [5.41, 5.74) is 9.56. The molecule has 1 aliphatic rings. The molecule has 0 amide bonds. The van der Waals surface area contributed by atoms with Crippen LogP contribution in [0.25, 0.3) is 43.8 Å². The van der Waals surface area contributed by atoms with E-state index in [-0.39, 0.29) is 0 Å². The van der Waals surface area contributed by atoms with Crippen molar-refractivity contribution in [3.05, 3.63) is 138 Å². The molecule has 0 saturated carbocycles. The molecule has 0 N–H and O–H groups in total. The molecule has 0 saturated heterocycles. The minimum Gasteiger partial charge on any atom is -0.179 e. The van der Waals surface area contributed by atoms with Crippen molar-refractivity contribution < 1.29 is 20.8 Å². The zero-order valence-corrected chi connectivity index (χ0v) is 28.1. The van der Waals surface area contributed by atoms with Gasteiger partial charge in [-0.1, -0.05) is 103 Å². The largest absolute Gasteiger partial charge is 0.179 e. The van der Waals surface area contributed by atoms with Crippen LogP contribution in [0, 0.1) is 6.07 Å². The zero-order valence-electron chi connectivity index (χ0n) is 23.1. The summed E-state index contributed by atoms with van der Waals surface area (Å²) in [5, 5.41) is 5.31. The minimum atomic E-state index is -0.826. The molecular formula is C36H32Cl2SiZr. The van der Waals surface area contributed by atoms with E-state index < -0.39 is 20.8 Å². The minimum absolute atomic E-state index is 0.826. The fourth-order valence-electron chi connectivity index (χ4n) is 5.11. The monoisotopic (exact) mass is 652 g/mol. The van der Waals surface area contributed by atoms with Gasteiger partial charge in [-0.05, 0) is 35.2 Å². The van der Waals surface area contributed by atoms with Crippen molar-refractivity contribution in [2.75, 3.05) is 0 Å². The number of benzene rings is 5. The molecule has 0 aromatic heterocycles. The molecule has 6 aromatic carbocycles. The molecule has 6 aromatic rings. The Morgan fingerprint density at radius 1 is 0.775 bits per heavy atom. The molecule has 0 nitrogen and oxygen atoms in total. The molecule has 0 atom stereocenters. The van der Waals surface area contributed by atoms with Crippen LogP contribution in [0.1, 0.15) is 23.6 Å². The second kappa shape index (κ2) is 15.6. The van der Waals surface area contributed by atoms with Crippen LogP contribution in [-0.4, -0.2) is 9.52 Å². The van der Waals surface area contributed by atoms with Crippen LogP contribution < -0.4 is 0 Å². The molecule has 0 spiro atoms. The Morgan fingerprint density at radius 3 is 2.23 bits per heavy atom. The van der Waals surface area contributed by atoms with Gasteiger partial charge >= 0.3 is 37.9 Å². The van der Waals surface area contributed by atoms with Crippen LogP contribution in [-0.2, 0) is 33.7 Å². The van der Waals surface area contributed by atoms with Gasteiger partial charge in [0.15, 0.2) is 0 Å². The van der Waals surface area contributed by atoms with Gasteiger partial charge in [0, 0.05) is 9.52 Å². The molecule has 198 valence electrons. The molecule has 2 radical (unpaired) electrons. The summed E-state index contributed by atoms with van der Waals surface area (Å²) < 4.78 is 0. The topological polar surface area (TPSA) is 0 Å². The summed E-state index contributed by atoms with van der Waals surface area (Å²) >= 11 is -0.826. The van der Waals surface area contributed by atoms with Crippen molar-refractivity contribution in [3.63, 3.8) is 0 Å². The van der Waals surface area contributed by atoms with Gasteiger partial charge in [0.2, 0.25) is 0 Å². The molecular weight excluding hydrogens is 623 g/mol. The first-order valence-corrected chi connectivity index (χ1v) is 21.8. The number of hydrogen-bond donors (Lipinski definition) is 0. The SMILES string of the molecule is CCc1cc2c(-c3ccc4ccccc4c3)cccc2[cH-]1.C[Si]C.[Cl][Zr+2][Cl].[c-]1cccc2c1Cc1ccccc1-2. The van der Waals surface area contributed by atoms with E-state index >= 15 is 0 Å². The summed E-state index contributed by atoms with van der Waals surface area (Å²) in [6, 6.07) is 44.6. The average molecular weight is 655 g/mol. The smallest absolute Gasteiger partial charge is 0.0253 e. The van der Waals surface area contributed by atoms with E-state index in [9.17, 15) is 0 Å². The third-order valence-corrected chi connectivity index (χ3v) is 6.90. The Labute approximate surface area is 260 Å². The van der Waals surface area contributed by atoms with E-state index in [0.717, 1.165) is 22.4 Å². The van der Waals surface area contributed by atoms with Crippen LogP contribution in [0.2, 0.25) is 13.1 Å². The maximum atomic E-state index is 4.93. The number of rotatable bonds is 2. The van der Waals surface area contributed by atoms with Crippen molar-refractivity contribution in [2.45, 2.75) is 32.9 Å². The summed E-state index contributed by atoms with van der Waals surface area (Å²) in [6.07, 6.45) is 2.14. The molecule has 0 unspecified atom stereocenters. The summed E-state index contributed by atoms with van der Waals surface area (Å²) in [5.74, 6) is 0. The molecule has 0 aliphatic heterocycles. The van der Waals surface area contributed by atoms with E-state index in [1.165, 1.54) is 60.5 Å². The van der Waals surface area contributed by atoms with Crippen molar-refractivity contribution in [1.29, 1.82) is 0 Å². The maximum Gasteiger partial charge on any atom is -0.0253 e. The summed E-state index contributed by atoms with van der Waals surface area (Å²) in [4.78, 5) is 0. The van der Waals surface area contributed by atoms with Crippen LogP contribution in [0.3, 0.4) is 0 Å². The van der Waals surface area contributed by atoms with Crippen molar-refractivity contribution in [2.24, 2.45) is 0 Å². The molecule has 0 heterocycles. The fraction of sp³-hybridized carbons (Fsp3) is 0.139. The Hall–Kier alpha value is -2.35. The van der Waals surface area contributed by atoms with Crippen molar-refractivity contribution >= 4 is 48.1 Å². The van der Waals surface area contributed by atoms with Gasteiger partial charge in [-0.25, -0.2) is 0 Å². The van der Waals surface area contributed by atoms with E-state index in [1.54, 1.807) is 0 Å². The Kier molecular flexibility index (Phi) is 11.9. The number of halogens is 2. The molecule has 7 rings (SSSR count). The Morgan fingerprint density at radius 2 is 1.45 bits per heavy atom. The Balaban J connectivity index is 0.000000166. The molecule has 0 bridgehead atoms. The third kappa shape index (κ3) is 7.48. The number of hydrogen-bond acceptors (Lipinski definition) is 0. The Bertz CT molecular complexity index is 1630. The quantitative estimate of drug-likeness (QED) is 0.129. The predicted octanol–water partition coefficient (Wildman–Crippen LogP) is 11.2. The molecule has 1 aliphatic carbocycles. The number of fused-ring (bicyclic) bond motifs is 5. The van der Waals surface area contributed by atoms with E-state index in [1.807, 2.05) is 6.07 Å². The zero-order chi connectivity index (χ0) is 28.3. The fourth-order valence-corrected chi connectivity index (χ4v) is 5.11. The van der Waals surface area contributed by atoms with Gasteiger partial charge in [0.25, 0.3) is 0 Å². The van der Waals surface area contributed by atoms with Crippen molar-refractivity contribution in [3.8, 4) is 22.3 Å². The van der Waals surface area contributed by atoms with Crippen LogP contribution >= 0.6 is 17.0 Å². The van der Waals surface area contributed by atoms with Gasteiger partial charge in [-0.15, -0.1) is 40.1 Å². The first-order chi connectivity index (χ1) is 19.6. The normalized spacial score (nSPS) is 10.6. The van der Waals surface area contributed by atoms with E-state index in [2.05, 4.69) is 135 Å². The first-order valence-electron chi connectivity index (χ1n) is 13.4. The van der Waals surface area contributed by atoms with Gasteiger partial charge in [0.05, 0.1) is 0 Å². The third-order valence-electron chi connectivity index (χ3n) is 6.90. The summed E-state index contributed by atoms with van der Waals surface area (Å²) in [6.45, 7) is 6.52. The standard InChI is InChI=1S/C21H17.C13H9.C2H6Si.2ClH.Zr/c1-2-15-12-18-8-5-9-20(21(18)13-15)19-11-10-16-6-3-4-7-17(16)14-19;1-3-7-12-10(5-1)9-11-6-2-4-8-13(11)12;1-3-2;;;/h3-14H,2H2,1H3;1-5,7-8H,9H2;1-2H3;2*1H;/q2*-1;;;;+4/p-2. The van der Waals surface area contributed by atoms with E-state index in [4.69, 9.17) is 17.0 Å². The average Bonchev–Trinajstić information content (AvgIpc) is 3.59. The molecule has 4 heteroatoms. The predicted molar refractivity (Wildman–Crippen MR) is 175 cm³/mol. The maximum absolute atomic E-state index is 4.93. The molecule has 0 fully saturated rings. The van der Waals surface area contributed by atoms with Crippen LogP contribution in [0.15, 0.2) is 115 Å². The van der Waals surface area contributed by atoms with Crippen molar-refractivity contribution in [1.82, 2.24) is 0 Å².